The molecule has 0 aliphatic rings. The Morgan fingerprint density at radius 2 is 2.12 bits per heavy atom. The van der Waals surface area contributed by atoms with Crippen LogP contribution in [0.3, 0.4) is 0 Å². The van der Waals surface area contributed by atoms with Crippen LogP contribution >= 0.6 is 0 Å². The van der Waals surface area contributed by atoms with Crippen molar-refractivity contribution in [3.63, 3.8) is 0 Å². The van der Waals surface area contributed by atoms with Crippen molar-refractivity contribution >= 4 is 5.82 Å². The first-order chi connectivity index (χ1) is 7.75. The summed E-state index contributed by atoms with van der Waals surface area (Å²) in [5.41, 5.74) is 8.06. The molecule has 16 heavy (non-hydrogen) atoms. The zero-order chi connectivity index (χ0) is 11.8. The second kappa shape index (κ2) is 7.19. The molecular formula is C12H20N2O2. The number of methoxy groups -OCH3 is 1. The van der Waals surface area contributed by atoms with Crippen molar-refractivity contribution in [2.24, 2.45) is 0 Å². The van der Waals surface area contributed by atoms with Gasteiger partial charge < -0.3 is 15.2 Å². The Balaban J connectivity index is 2.26. The van der Waals surface area contributed by atoms with Gasteiger partial charge in [-0.25, -0.2) is 4.98 Å². The first-order valence-corrected chi connectivity index (χ1v) is 5.52. The number of hydrogen-bond acceptors (Lipinski definition) is 4. The molecule has 1 aromatic rings. The number of ether oxygens (including phenoxy) is 2. The van der Waals surface area contributed by atoms with Gasteiger partial charge in [0.15, 0.2) is 0 Å². The smallest absolute Gasteiger partial charge is 0.126 e. The lowest BCUT2D eigenvalue weighted by Crippen LogP contribution is -2.06. The van der Waals surface area contributed by atoms with E-state index in [1.807, 2.05) is 13.0 Å². The van der Waals surface area contributed by atoms with Gasteiger partial charge in [0.05, 0.1) is 6.61 Å². The SMILES string of the molecule is COCCCOCCc1c(C)ccnc1N. The minimum absolute atomic E-state index is 0.612. The third-order valence-electron chi connectivity index (χ3n) is 2.46. The number of aromatic nitrogens is 1. The van der Waals surface area contributed by atoms with Crippen molar-refractivity contribution in [1.82, 2.24) is 4.98 Å². The predicted octanol–water partition coefficient (Wildman–Crippen LogP) is 1.57. The summed E-state index contributed by atoms with van der Waals surface area (Å²) >= 11 is 0. The summed E-state index contributed by atoms with van der Waals surface area (Å²) in [5, 5.41) is 0. The molecule has 0 fully saturated rings. The van der Waals surface area contributed by atoms with E-state index < -0.39 is 0 Å². The summed E-state index contributed by atoms with van der Waals surface area (Å²) in [6.45, 7) is 4.19. The van der Waals surface area contributed by atoms with Gasteiger partial charge in [-0.2, -0.15) is 0 Å². The summed E-state index contributed by atoms with van der Waals surface area (Å²) in [6.07, 6.45) is 3.48. The molecule has 4 nitrogen and oxygen atoms in total. The van der Waals surface area contributed by atoms with Crippen LogP contribution in [0.5, 0.6) is 0 Å². The lowest BCUT2D eigenvalue weighted by molar-refractivity contribution is 0.105. The van der Waals surface area contributed by atoms with Gasteiger partial charge in [-0.1, -0.05) is 0 Å². The van der Waals surface area contributed by atoms with Crippen LogP contribution in [0.2, 0.25) is 0 Å². The number of hydrogen-bond donors (Lipinski definition) is 1. The number of rotatable bonds is 7. The molecule has 1 aromatic heterocycles. The summed E-state index contributed by atoms with van der Waals surface area (Å²) in [5.74, 6) is 0.612. The van der Waals surface area contributed by atoms with Crippen molar-refractivity contribution in [3.8, 4) is 0 Å². The second-order valence-electron chi connectivity index (χ2n) is 3.70. The number of pyridine rings is 1. The monoisotopic (exact) mass is 224 g/mol. The van der Waals surface area contributed by atoms with Crippen LogP contribution in [0.1, 0.15) is 17.5 Å². The molecule has 2 N–H and O–H groups in total. The maximum absolute atomic E-state index is 5.80. The zero-order valence-electron chi connectivity index (χ0n) is 10.0. The Morgan fingerprint density at radius 3 is 2.81 bits per heavy atom. The quantitative estimate of drug-likeness (QED) is 0.714. The number of aryl methyl sites for hydroxylation is 1. The second-order valence-corrected chi connectivity index (χ2v) is 3.70. The minimum atomic E-state index is 0.612. The van der Waals surface area contributed by atoms with Crippen LogP contribution in [0.15, 0.2) is 12.3 Å². The van der Waals surface area contributed by atoms with Crippen LogP contribution in [-0.2, 0) is 15.9 Å². The first kappa shape index (κ1) is 12.9. The van der Waals surface area contributed by atoms with Gasteiger partial charge in [0, 0.05) is 26.5 Å². The van der Waals surface area contributed by atoms with E-state index in [2.05, 4.69) is 4.98 Å². The summed E-state index contributed by atoms with van der Waals surface area (Å²) < 4.78 is 10.4. The third-order valence-corrected chi connectivity index (χ3v) is 2.46. The molecule has 1 heterocycles. The Labute approximate surface area is 96.8 Å². The molecule has 0 bridgehead atoms. The maximum Gasteiger partial charge on any atom is 0.126 e. The highest BCUT2D eigenvalue weighted by molar-refractivity contribution is 5.43. The third kappa shape index (κ3) is 4.16. The molecule has 0 unspecified atom stereocenters. The van der Waals surface area contributed by atoms with E-state index in [-0.39, 0.29) is 0 Å². The molecule has 0 radical (unpaired) electrons. The molecule has 0 atom stereocenters. The highest BCUT2D eigenvalue weighted by Gasteiger charge is 2.03. The summed E-state index contributed by atoms with van der Waals surface area (Å²) in [6, 6.07) is 1.97. The molecule has 0 aromatic carbocycles. The molecule has 4 heteroatoms. The highest BCUT2D eigenvalue weighted by Crippen LogP contribution is 2.13. The lowest BCUT2D eigenvalue weighted by Gasteiger charge is -2.08. The molecule has 0 spiro atoms. The Kier molecular flexibility index (Phi) is 5.82. The van der Waals surface area contributed by atoms with Gasteiger partial charge in [-0.15, -0.1) is 0 Å². The number of anilines is 1. The van der Waals surface area contributed by atoms with E-state index in [0.29, 0.717) is 12.4 Å². The average molecular weight is 224 g/mol. The molecule has 0 aliphatic carbocycles. The van der Waals surface area contributed by atoms with Gasteiger partial charge in [0.1, 0.15) is 5.82 Å². The van der Waals surface area contributed by atoms with Crippen LogP contribution < -0.4 is 5.73 Å². The van der Waals surface area contributed by atoms with Crippen molar-refractivity contribution in [1.29, 1.82) is 0 Å². The van der Waals surface area contributed by atoms with Crippen molar-refractivity contribution in [2.75, 3.05) is 32.7 Å². The standard InChI is InChI=1S/C12H20N2O2/c1-10-4-6-14-12(13)11(10)5-9-16-8-3-7-15-2/h4,6H,3,5,7-9H2,1-2H3,(H2,13,14). The largest absolute Gasteiger partial charge is 0.385 e. The zero-order valence-corrected chi connectivity index (χ0v) is 10.0. The summed E-state index contributed by atoms with van der Waals surface area (Å²) in [7, 11) is 1.69. The first-order valence-electron chi connectivity index (χ1n) is 5.52. The van der Waals surface area contributed by atoms with Gasteiger partial charge >= 0.3 is 0 Å². The summed E-state index contributed by atoms with van der Waals surface area (Å²) in [4.78, 5) is 4.07. The van der Waals surface area contributed by atoms with Gasteiger partial charge in [-0.05, 0) is 37.0 Å². The van der Waals surface area contributed by atoms with E-state index in [0.717, 1.165) is 31.6 Å². The molecule has 0 saturated carbocycles. The molecule has 0 amide bonds. The predicted molar refractivity (Wildman–Crippen MR) is 64.4 cm³/mol. The Hall–Kier alpha value is -1.13. The van der Waals surface area contributed by atoms with Crippen LogP contribution in [0, 0.1) is 6.92 Å². The molecule has 0 saturated heterocycles. The molecule has 0 aliphatic heterocycles. The Bertz CT molecular complexity index is 296. The van der Waals surface area contributed by atoms with Crippen LogP contribution in [0.25, 0.3) is 0 Å². The van der Waals surface area contributed by atoms with Gasteiger partial charge in [-0.3, -0.25) is 0 Å². The van der Waals surface area contributed by atoms with E-state index in [4.69, 9.17) is 15.2 Å². The lowest BCUT2D eigenvalue weighted by atomic mass is 10.1. The Morgan fingerprint density at radius 1 is 1.31 bits per heavy atom. The number of nitrogen functional groups attached to an aromatic ring is 1. The van der Waals surface area contributed by atoms with Crippen molar-refractivity contribution in [3.05, 3.63) is 23.4 Å². The molecule has 1 rings (SSSR count). The molecule has 90 valence electrons. The fourth-order valence-electron chi connectivity index (χ4n) is 1.52. The van der Waals surface area contributed by atoms with Crippen molar-refractivity contribution in [2.45, 2.75) is 19.8 Å². The number of nitrogens with zero attached hydrogens (tertiary/aromatic N) is 1. The minimum Gasteiger partial charge on any atom is -0.385 e. The van der Waals surface area contributed by atoms with Gasteiger partial charge in [0.2, 0.25) is 0 Å². The normalized spacial score (nSPS) is 10.6. The highest BCUT2D eigenvalue weighted by atomic mass is 16.5. The number of nitrogens with two attached hydrogens (primary N) is 1. The van der Waals surface area contributed by atoms with E-state index in [1.54, 1.807) is 13.3 Å². The van der Waals surface area contributed by atoms with E-state index >= 15 is 0 Å². The van der Waals surface area contributed by atoms with Crippen molar-refractivity contribution < 1.29 is 9.47 Å². The van der Waals surface area contributed by atoms with Crippen LogP contribution in [-0.4, -0.2) is 31.9 Å². The molecular weight excluding hydrogens is 204 g/mol. The van der Waals surface area contributed by atoms with E-state index in [1.165, 1.54) is 5.56 Å². The van der Waals surface area contributed by atoms with Gasteiger partial charge in [0.25, 0.3) is 0 Å². The topological polar surface area (TPSA) is 57.4 Å². The van der Waals surface area contributed by atoms with E-state index in [9.17, 15) is 0 Å². The fourth-order valence-corrected chi connectivity index (χ4v) is 1.52. The van der Waals surface area contributed by atoms with Crippen LogP contribution in [0.4, 0.5) is 5.82 Å². The maximum atomic E-state index is 5.80. The average Bonchev–Trinajstić information content (AvgIpc) is 2.26. The fraction of sp³-hybridized carbons (Fsp3) is 0.583.